The van der Waals surface area contributed by atoms with Gasteiger partial charge in [0.2, 0.25) is 0 Å². The maximum Gasteiger partial charge on any atom is 0.416 e. The largest absolute Gasteiger partial charge is 0.416 e. The fraction of sp³-hybridized carbons (Fsp3) is 0.357. The Kier molecular flexibility index (Phi) is 4.45. The van der Waals surface area contributed by atoms with Crippen molar-refractivity contribution in [2.24, 2.45) is 0 Å². The molecule has 2 aromatic rings. The van der Waals surface area contributed by atoms with E-state index in [0.717, 1.165) is 22.8 Å². The quantitative estimate of drug-likeness (QED) is 0.909. The minimum Gasteiger partial charge on any atom is -0.309 e. The predicted molar refractivity (Wildman–Crippen MR) is 74.5 cm³/mol. The minimum absolute atomic E-state index is 0.367. The topological polar surface area (TPSA) is 24.9 Å². The van der Waals surface area contributed by atoms with Crippen LogP contribution >= 0.6 is 11.3 Å². The van der Waals surface area contributed by atoms with Crippen molar-refractivity contribution in [2.45, 2.75) is 32.6 Å². The van der Waals surface area contributed by atoms with Crippen molar-refractivity contribution in [1.29, 1.82) is 0 Å². The second-order valence-electron chi connectivity index (χ2n) is 4.75. The minimum atomic E-state index is -4.30. The van der Waals surface area contributed by atoms with E-state index >= 15 is 0 Å². The Labute approximate surface area is 119 Å². The third kappa shape index (κ3) is 3.80. The second kappa shape index (κ2) is 5.93. The maximum atomic E-state index is 12.5. The summed E-state index contributed by atoms with van der Waals surface area (Å²) in [6.45, 7) is 4.75. The molecular weight excluding hydrogens is 285 g/mol. The monoisotopic (exact) mass is 300 g/mol. The van der Waals surface area contributed by atoms with Crippen molar-refractivity contribution >= 4 is 11.3 Å². The zero-order chi connectivity index (χ0) is 14.8. The van der Waals surface area contributed by atoms with E-state index in [9.17, 15) is 13.2 Å². The van der Waals surface area contributed by atoms with Gasteiger partial charge in [-0.25, -0.2) is 4.98 Å². The van der Waals surface area contributed by atoms with Crippen LogP contribution in [0.15, 0.2) is 29.6 Å². The molecular formula is C14H15F3N2S. The summed E-state index contributed by atoms with van der Waals surface area (Å²) in [7, 11) is 0. The van der Waals surface area contributed by atoms with Crippen molar-refractivity contribution in [1.82, 2.24) is 10.3 Å². The van der Waals surface area contributed by atoms with Gasteiger partial charge in [0.15, 0.2) is 0 Å². The van der Waals surface area contributed by atoms with Crippen LogP contribution in [0.1, 0.15) is 25.1 Å². The van der Waals surface area contributed by atoms with E-state index in [4.69, 9.17) is 0 Å². The van der Waals surface area contributed by atoms with Gasteiger partial charge in [0.1, 0.15) is 5.01 Å². The van der Waals surface area contributed by atoms with E-state index in [-0.39, 0.29) is 0 Å². The average Bonchev–Trinajstić information content (AvgIpc) is 2.84. The van der Waals surface area contributed by atoms with Gasteiger partial charge in [0.25, 0.3) is 0 Å². The molecule has 1 aromatic carbocycles. The summed E-state index contributed by atoms with van der Waals surface area (Å²) in [6.07, 6.45) is -4.30. The normalized spacial score (nSPS) is 12.1. The van der Waals surface area contributed by atoms with Gasteiger partial charge in [0.05, 0.1) is 11.3 Å². The fourth-order valence-electron chi connectivity index (χ4n) is 1.63. The third-order valence-corrected chi connectivity index (χ3v) is 3.64. The molecule has 1 N–H and O–H groups in total. The lowest BCUT2D eigenvalue weighted by Crippen LogP contribution is -2.21. The molecule has 0 saturated heterocycles. The van der Waals surface area contributed by atoms with Gasteiger partial charge < -0.3 is 5.32 Å². The highest BCUT2D eigenvalue weighted by Crippen LogP contribution is 2.31. The number of nitrogens with zero attached hydrogens (tertiary/aromatic N) is 1. The van der Waals surface area contributed by atoms with Crippen LogP contribution in [0.5, 0.6) is 0 Å². The molecule has 0 aliphatic heterocycles. The summed E-state index contributed by atoms with van der Waals surface area (Å²) in [5.74, 6) is 0. The predicted octanol–water partition coefficient (Wildman–Crippen LogP) is 4.33. The number of nitrogens with one attached hydrogen (secondary N) is 1. The number of hydrogen-bond donors (Lipinski definition) is 1. The van der Waals surface area contributed by atoms with Crippen LogP contribution in [0, 0.1) is 0 Å². The van der Waals surface area contributed by atoms with Gasteiger partial charge in [0, 0.05) is 23.5 Å². The molecule has 0 saturated carbocycles. The molecule has 6 heteroatoms. The second-order valence-corrected chi connectivity index (χ2v) is 5.61. The van der Waals surface area contributed by atoms with Gasteiger partial charge >= 0.3 is 6.18 Å². The van der Waals surface area contributed by atoms with Gasteiger partial charge in [-0.2, -0.15) is 13.2 Å². The number of alkyl halides is 3. The van der Waals surface area contributed by atoms with E-state index in [0.29, 0.717) is 18.2 Å². The molecule has 1 heterocycles. The Morgan fingerprint density at radius 2 is 1.85 bits per heavy atom. The molecule has 1 aromatic heterocycles. The van der Waals surface area contributed by atoms with Gasteiger partial charge in [-0.15, -0.1) is 11.3 Å². The zero-order valence-corrected chi connectivity index (χ0v) is 12.0. The van der Waals surface area contributed by atoms with Crippen LogP contribution in [0.3, 0.4) is 0 Å². The molecule has 0 amide bonds. The molecule has 0 fully saturated rings. The lowest BCUT2D eigenvalue weighted by molar-refractivity contribution is -0.137. The number of rotatable bonds is 4. The molecule has 2 nitrogen and oxygen atoms in total. The van der Waals surface area contributed by atoms with Crippen molar-refractivity contribution in [2.75, 3.05) is 0 Å². The summed E-state index contributed by atoms with van der Waals surface area (Å²) >= 11 is 1.44. The Bertz CT molecular complexity index is 559. The number of hydrogen-bond acceptors (Lipinski definition) is 3. The summed E-state index contributed by atoms with van der Waals surface area (Å²) in [4.78, 5) is 4.42. The summed E-state index contributed by atoms with van der Waals surface area (Å²) < 4.78 is 37.4. The van der Waals surface area contributed by atoms with Crippen LogP contribution in [0.25, 0.3) is 10.6 Å². The highest BCUT2D eigenvalue weighted by Gasteiger charge is 2.30. The van der Waals surface area contributed by atoms with E-state index in [1.54, 1.807) is 0 Å². The molecule has 0 unspecified atom stereocenters. The van der Waals surface area contributed by atoms with Gasteiger partial charge in [-0.3, -0.25) is 0 Å². The number of halogens is 3. The van der Waals surface area contributed by atoms with E-state index < -0.39 is 11.7 Å². The van der Waals surface area contributed by atoms with Crippen molar-refractivity contribution < 1.29 is 13.2 Å². The maximum absolute atomic E-state index is 12.5. The van der Waals surface area contributed by atoms with Crippen LogP contribution in [-0.4, -0.2) is 11.0 Å². The number of benzene rings is 1. The van der Waals surface area contributed by atoms with Crippen molar-refractivity contribution in [3.8, 4) is 10.6 Å². The Morgan fingerprint density at radius 1 is 1.20 bits per heavy atom. The molecule has 2 rings (SSSR count). The number of thiazole rings is 1. The molecule has 108 valence electrons. The molecule has 0 radical (unpaired) electrons. The third-order valence-electron chi connectivity index (χ3n) is 2.70. The first-order valence-electron chi connectivity index (χ1n) is 6.21. The van der Waals surface area contributed by atoms with Crippen LogP contribution < -0.4 is 5.32 Å². The smallest absolute Gasteiger partial charge is 0.309 e. The molecule has 0 aliphatic rings. The highest BCUT2D eigenvalue weighted by molar-refractivity contribution is 7.13. The molecule has 20 heavy (non-hydrogen) atoms. The van der Waals surface area contributed by atoms with Gasteiger partial charge in [-0.05, 0) is 12.1 Å². The number of aromatic nitrogens is 1. The summed E-state index contributed by atoms with van der Waals surface area (Å²) in [6, 6.07) is 5.46. The SMILES string of the molecule is CC(C)NCc1csc(-c2ccc(C(F)(F)F)cc2)n1. The average molecular weight is 300 g/mol. The molecule has 0 spiro atoms. The lowest BCUT2D eigenvalue weighted by atomic mass is 10.1. The standard InChI is InChI=1S/C14H15F3N2S/c1-9(2)18-7-12-8-20-13(19-12)10-3-5-11(6-4-10)14(15,16)17/h3-6,8-9,18H,7H2,1-2H3. The lowest BCUT2D eigenvalue weighted by Gasteiger charge is -2.06. The Hall–Kier alpha value is -1.40. The highest BCUT2D eigenvalue weighted by atomic mass is 32.1. The van der Waals surface area contributed by atoms with Crippen molar-refractivity contribution in [3.05, 3.63) is 40.9 Å². The molecule has 0 aliphatic carbocycles. The zero-order valence-electron chi connectivity index (χ0n) is 11.2. The first kappa shape index (κ1) is 15.0. The Morgan fingerprint density at radius 3 is 2.40 bits per heavy atom. The van der Waals surface area contributed by atoms with Crippen LogP contribution in [0.4, 0.5) is 13.2 Å². The Balaban J connectivity index is 2.12. The molecule has 0 bridgehead atoms. The first-order valence-corrected chi connectivity index (χ1v) is 7.09. The van der Waals surface area contributed by atoms with Crippen molar-refractivity contribution in [3.63, 3.8) is 0 Å². The van der Waals surface area contributed by atoms with E-state index in [1.807, 2.05) is 19.2 Å². The first-order chi connectivity index (χ1) is 9.36. The van der Waals surface area contributed by atoms with E-state index in [1.165, 1.54) is 23.5 Å². The molecule has 0 atom stereocenters. The van der Waals surface area contributed by atoms with Crippen LogP contribution in [-0.2, 0) is 12.7 Å². The summed E-state index contributed by atoms with van der Waals surface area (Å²) in [5, 5.41) is 5.91. The fourth-order valence-corrected chi connectivity index (χ4v) is 2.46. The summed E-state index contributed by atoms with van der Waals surface area (Å²) in [5.41, 5.74) is 0.969. The van der Waals surface area contributed by atoms with E-state index in [2.05, 4.69) is 10.3 Å². The van der Waals surface area contributed by atoms with Crippen LogP contribution in [0.2, 0.25) is 0 Å². The van der Waals surface area contributed by atoms with Gasteiger partial charge in [-0.1, -0.05) is 26.0 Å².